The second kappa shape index (κ2) is 5.08. The van der Waals surface area contributed by atoms with Gasteiger partial charge in [0.25, 0.3) is 0 Å². The Bertz CT molecular complexity index is 1300. The normalized spacial score (nSPS) is 11.6. The highest BCUT2D eigenvalue weighted by Gasteiger charge is 2.13. The van der Waals surface area contributed by atoms with Crippen molar-refractivity contribution >= 4 is 32.7 Å². The lowest BCUT2D eigenvalue weighted by atomic mass is 10.0. The number of hydrogen-bond acceptors (Lipinski definition) is 3. The number of benzene rings is 3. The summed E-state index contributed by atoms with van der Waals surface area (Å²) < 4.78 is 11.2. The molecule has 0 saturated heterocycles. The van der Waals surface area contributed by atoms with Gasteiger partial charge in [-0.25, -0.2) is 4.79 Å². The molecule has 0 saturated carbocycles. The molecule has 5 rings (SSSR count). The van der Waals surface area contributed by atoms with Gasteiger partial charge in [0.05, 0.1) is 11.6 Å². The van der Waals surface area contributed by atoms with Gasteiger partial charge in [0.2, 0.25) is 0 Å². The minimum Gasteiger partial charge on any atom is -0.464 e. The SMILES string of the molecule is Cc1ccc(-c2coc3cc4oc(=O)c5ccccc5c4cc23)cc1. The summed E-state index contributed by atoms with van der Waals surface area (Å²) in [7, 11) is 0. The Morgan fingerprint density at radius 3 is 2.32 bits per heavy atom. The fourth-order valence-corrected chi connectivity index (χ4v) is 3.36. The molecule has 25 heavy (non-hydrogen) atoms. The van der Waals surface area contributed by atoms with Crippen molar-refractivity contribution in [2.24, 2.45) is 0 Å². The molecule has 0 radical (unpaired) electrons. The number of rotatable bonds is 1. The lowest BCUT2D eigenvalue weighted by molar-refractivity contribution is 0.567. The minimum absolute atomic E-state index is 0.326. The van der Waals surface area contributed by atoms with Crippen molar-refractivity contribution in [2.45, 2.75) is 6.92 Å². The second-order valence-corrected chi connectivity index (χ2v) is 6.30. The van der Waals surface area contributed by atoms with E-state index in [4.69, 9.17) is 8.83 Å². The molecule has 0 atom stereocenters. The third kappa shape index (κ3) is 2.09. The van der Waals surface area contributed by atoms with E-state index in [0.29, 0.717) is 16.6 Å². The molecule has 3 aromatic carbocycles. The van der Waals surface area contributed by atoms with E-state index in [-0.39, 0.29) is 5.63 Å². The second-order valence-electron chi connectivity index (χ2n) is 6.30. The van der Waals surface area contributed by atoms with Crippen LogP contribution in [0.25, 0.3) is 43.8 Å². The third-order valence-electron chi connectivity index (χ3n) is 4.68. The Labute approximate surface area is 143 Å². The van der Waals surface area contributed by atoms with Gasteiger partial charge in [-0.3, -0.25) is 0 Å². The van der Waals surface area contributed by atoms with Gasteiger partial charge in [0.15, 0.2) is 0 Å². The highest BCUT2D eigenvalue weighted by Crippen LogP contribution is 2.35. The summed E-state index contributed by atoms with van der Waals surface area (Å²) >= 11 is 0. The largest absolute Gasteiger partial charge is 0.464 e. The highest BCUT2D eigenvalue weighted by molar-refractivity contribution is 6.10. The van der Waals surface area contributed by atoms with Crippen LogP contribution < -0.4 is 5.63 Å². The van der Waals surface area contributed by atoms with Crippen LogP contribution in [0.15, 0.2) is 80.6 Å². The van der Waals surface area contributed by atoms with Crippen molar-refractivity contribution < 1.29 is 8.83 Å². The van der Waals surface area contributed by atoms with Crippen molar-refractivity contribution in [1.29, 1.82) is 0 Å². The Morgan fingerprint density at radius 2 is 1.52 bits per heavy atom. The molecule has 3 nitrogen and oxygen atoms in total. The van der Waals surface area contributed by atoms with Gasteiger partial charge < -0.3 is 8.83 Å². The molecular weight excluding hydrogens is 312 g/mol. The lowest BCUT2D eigenvalue weighted by Crippen LogP contribution is -1.99. The molecule has 0 N–H and O–H groups in total. The van der Waals surface area contributed by atoms with E-state index in [9.17, 15) is 4.79 Å². The summed E-state index contributed by atoms with van der Waals surface area (Å²) in [6.45, 7) is 2.07. The van der Waals surface area contributed by atoms with Gasteiger partial charge >= 0.3 is 5.63 Å². The number of fused-ring (bicyclic) bond motifs is 4. The van der Waals surface area contributed by atoms with Crippen LogP contribution in [0.1, 0.15) is 5.56 Å². The van der Waals surface area contributed by atoms with Crippen LogP contribution in [-0.4, -0.2) is 0 Å². The van der Waals surface area contributed by atoms with Crippen molar-refractivity contribution in [3.8, 4) is 11.1 Å². The molecule has 2 heterocycles. The Kier molecular flexibility index (Phi) is 2.86. The lowest BCUT2D eigenvalue weighted by Gasteiger charge is -2.04. The van der Waals surface area contributed by atoms with Crippen molar-refractivity contribution in [3.05, 3.63) is 82.9 Å². The van der Waals surface area contributed by atoms with E-state index in [0.717, 1.165) is 27.3 Å². The van der Waals surface area contributed by atoms with Gasteiger partial charge in [-0.2, -0.15) is 0 Å². The third-order valence-corrected chi connectivity index (χ3v) is 4.68. The molecule has 0 spiro atoms. The Morgan fingerprint density at radius 1 is 0.760 bits per heavy atom. The first-order chi connectivity index (χ1) is 12.2. The van der Waals surface area contributed by atoms with E-state index in [1.807, 2.05) is 18.2 Å². The van der Waals surface area contributed by atoms with Crippen LogP contribution in [0.4, 0.5) is 0 Å². The molecule has 3 heteroatoms. The number of aryl methyl sites for hydroxylation is 1. The Hall–Kier alpha value is -3.33. The average molecular weight is 326 g/mol. The van der Waals surface area contributed by atoms with E-state index in [1.54, 1.807) is 18.4 Å². The summed E-state index contributed by atoms with van der Waals surface area (Å²) in [6, 6.07) is 19.7. The van der Waals surface area contributed by atoms with Crippen molar-refractivity contribution in [2.75, 3.05) is 0 Å². The molecule has 2 aromatic heterocycles. The first-order valence-corrected chi connectivity index (χ1v) is 8.14. The summed E-state index contributed by atoms with van der Waals surface area (Å²) in [6.07, 6.45) is 1.76. The van der Waals surface area contributed by atoms with Crippen LogP contribution in [0, 0.1) is 6.92 Å². The molecular formula is C22H14O3. The zero-order valence-corrected chi connectivity index (χ0v) is 13.6. The quantitative estimate of drug-likeness (QED) is 0.294. The molecule has 0 amide bonds. The zero-order valence-electron chi connectivity index (χ0n) is 13.6. The first-order valence-electron chi connectivity index (χ1n) is 8.14. The molecule has 0 fully saturated rings. The smallest absolute Gasteiger partial charge is 0.344 e. The minimum atomic E-state index is -0.326. The topological polar surface area (TPSA) is 43.4 Å². The van der Waals surface area contributed by atoms with E-state index in [2.05, 4.69) is 37.3 Å². The van der Waals surface area contributed by atoms with Crippen molar-refractivity contribution in [3.63, 3.8) is 0 Å². The average Bonchev–Trinajstić information content (AvgIpc) is 3.04. The van der Waals surface area contributed by atoms with Crippen LogP contribution in [0.2, 0.25) is 0 Å². The van der Waals surface area contributed by atoms with E-state index in [1.165, 1.54) is 5.56 Å². The van der Waals surface area contributed by atoms with Gasteiger partial charge in [0, 0.05) is 22.4 Å². The van der Waals surface area contributed by atoms with Gasteiger partial charge in [-0.1, -0.05) is 48.0 Å². The van der Waals surface area contributed by atoms with Crippen LogP contribution in [-0.2, 0) is 0 Å². The fraction of sp³-hybridized carbons (Fsp3) is 0.0455. The summed E-state index contributed by atoms with van der Waals surface area (Å²) in [5.74, 6) is 0. The maximum Gasteiger partial charge on any atom is 0.344 e. The van der Waals surface area contributed by atoms with E-state index < -0.39 is 0 Å². The first kappa shape index (κ1) is 14.1. The molecule has 0 aliphatic heterocycles. The van der Waals surface area contributed by atoms with E-state index >= 15 is 0 Å². The number of furan rings is 1. The standard InChI is InChI=1S/C22H14O3/c1-13-6-8-14(9-7-13)19-12-24-20-11-21-17(10-18(19)20)15-4-2-3-5-16(15)22(23)25-21/h2-12H,1H3. The van der Waals surface area contributed by atoms with Crippen LogP contribution >= 0.6 is 0 Å². The summed E-state index contributed by atoms with van der Waals surface area (Å²) in [5.41, 5.74) is 4.28. The predicted molar refractivity (Wildman–Crippen MR) is 99.9 cm³/mol. The monoisotopic (exact) mass is 326 g/mol. The van der Waals surface area contributed by atoms with Gasteiger partial charge in [-0.05, 0) is 30.0 Å². The van der Waals surface area contributed by atoms with Gasteiger partial charge in [-0.15, -0.1) is 0 Å². The maximum absolute atomic E-state index is 12.2. The predicted octanol–water partition coefficient (Wildman–Crippen LogP) is 5.67. The Balaban J connectivity index is 1.89. The number of hydrogen-bond donors (Lipinski definition) is 0. The molecule has 0 aliphatic carbocycles. The van der Waals surface area contributed by atoms with Crippen LogP contribution in [0.5, 0.6) is 0 Å². The van der Waals surface area contributed by atoms with Crippen LogP contribution in [0.3, 0.4) is 0 Å². The zero-order chi connectivity index (χ0) is 17.0. The molecule has 0 unspecified atom stereocenters. The maximum atomic E-state index is 12.2. The van der Waals surface area contributed by atoms with Crippen molar-refractivity contribution in [1.82, 2.24) is 0 Å². The molecule has 0 aliphatic rings. The molecule has 120 valence electrons. The fourth-order valence-electron chi connectivity index (χ4n) is 3.36. The highest BCUT2D eigenvalue weighted by atomic mass is 16.4. The molecule has 0 bridgehead atoms. The summed E-state index contributed by atoms with van der Waals surface area (Å²) in [5, 5.41) is 3.41. The summed E-state index contributed by atoms with van der Waals surface area (Å²) in [4.78, 5) is 12.2. The van der Waals surface area contributed by atoms with Gasteiger partial charge in [0.1, 0.15) is 11.2 Å². The molecule has 5 aromatic rings.